The number of halogens is 1. The van der Waals surface area contributed by atoms with Gasteiger partial charge in [-0.1, -0.05) is 41.6 Å². The fourth-order valence-corrected chi connectivity index (χ4v) is 5.51. The summed E-state index contributed by atoms with van der Waals surface area (Å²) in [5.74, 6) is 0.381. The summed E-state index contributed by atoms with van der Waals surface area (Å²) < 4.78 is 61.6. The van der Waals surface area contributed by atoms with Gasteiger partial charge in [0, 0.05) is 10.8 Å². The summed E-state index contributed by atoms with van der Waals surface area (Å²) in [6, 6.07) is 16.7. The molecule has 0 atom stereocenters. The molecule has 13 heteroatoms. The van der Waals surface area contributed by atoms with Gasteiger partial charge in [-0.05, 0) is 54.1 Å². The first-order chi connectivity index (χ1) is 15.1. The number of aromatic nitrogens is 2. The van der Waals surface area contributed by atoms with Crippen LogP contribution in [0.5, 0.6) is 0 Å². The van der Waals surface area contributed by atoms with Gasteiger partial charge in [0.2, 0.25) is 0 Å². The fraction of sp³-hybridized carbons (Fsp3) is 0.0500. The second-order valence-electron chi connectivity index (χ2n) is 6.68. The normalized spacial score (nSPS) is 11.8. The Morgan fingerprint density at radius 3 is 2.33 bits per heavy atom. The molecular formula is C20H15ClN3NaO5S3. The van der Waals surface area contributed by atoms with Gasteiger partial charge < -0.3 is 9.54 Å². The van der Waals surface area contributed by atoms with E-state index < -0.39 is 20.1 Å². The van der Waals surface area contributed by atoms with Crippen LogP contribution in [-0.2, 0) is 25.9 Å². The maximum absolute atomic E-state index is 12.7. The van der Waals surface area contributed by atoms with Crippen molar-refractivity contribution in [2.45, 2.75) is 20.7 Å². The van der Waals surface area contributed by atoms with Crippen LogP contribution >= 0.6 is 23.4 Å². The zero-order chi connectivity index (χ0) is 22.9. The summed E-state index contributed by atoms with van der Waals surface area (Å²) in [4.78, 5) is 7.09. The van der Waals surface area contributed by atoms with Crippen molar-refractivity contribution in [1.82, 2.24) is 9.97 Å². The number of benzene rings is 3. The summed E-state index contributed by atoms with van der Waals surface area (Å²) >= 11 is 7.14. The zero-order valence-electron chi connectivity index (χ0n) is 17.1. The quantitative estimate of drug-likeness (QED) is 0.208. The molecule has 0 unspecified atom stereocenters. The molecule has 0 fully saturated rings. The Hall–Kier alpha value is -1.57. The van der Waals surface area contributed by atoms with Crippen LogP contribution in [-0.4, -0.2) is 31.4 Å². The molecule has 0 aliphatic rings. The number of imidazole rings is 1. The third-order valence-corrected chi connectivity index (χ3v) is 7.86. The molecule has 166 valence electrons. The molecule has 2 N–H and O–H groups in total. The summed E-state index contributed by atoms with van der Waals surface area (Å²) in [5.41, 5.74) is 2.07. The Morgan fingerprint density at radius 1 is 0.970 bits per heavy atom. The molecular weight excluding hydrogens is 517 g/mol. The molecule has 8 nitrogen and oxygen atoms in total. The van der Waals surface area contributed by atoms with Crippen molar-refractivity contribution >= 4 is 60.2 Å². The van der Waals surface area contributed by atoms with Crippen molar-refractivity contribution < 1.29 is 50.9 Å². The molecule has 1 aromatic heterocycles. The van der Waals surface area contributed by atoms with Crippen molar-refractivity contribution in [3.63, 3.8) is 0 Å². The van der Waals surface area contributed by atoms with E-state index in [2.05, 4.69) is 14.7 Å². The molecule has 3 aromatic carbocycles. The van der Waals surface area contributed by atoms with E-state index in [-0.39, 0.29) is 39.3 Å². The largest absolute Gasteiger partial charge is 1.00 e. The van der Waals surface area contributed by atoms with E-state index in [0.717, 1.165) is 5.56 Å². The molecule has 1 heterocycles. The van der Waals surface area contributed by atoms with Gasteiger partial charge in [0.15, 0.2) is 5.16 Å². The van der Waals surface area contributed by atoms with Crippen LogP contribution in [0.3, 0.4) is 0 Å². The third kappa shape index (κ3) is 6.31. The molecule has 0 spiro atoms. The van der Waals surface area contributed by atoms with E-state index in [4.69, 9.17) is 11.6 Å². The Bertz CT molecular complexity index is 1510. The average molecular weight is 532 g/mol. The first kappa shape index (κ1) is 26.0. The molecule has 4 aromatic rings. The number of rotatable bonds is 7. The number of hydrogen-bond acceptors (Lipinski definition) is 7. The van der Waals surface area contributed by atoms with Crippen molar-refractivity contribution in [3.05, 3.63) is 77.3 Å². The van der Waals surface area contributed by atoms with Gasteiger partial charge in [-0.15, -0.1) is 0 Å². The molecule has 0 radical (unpaired) electrons. The first-order valence-electron chi connectivity index (χ1n) is 9.07. The summed E-state index contributed by atoms with van der Waals surface area (Å²) in [6.45, 7) is 0. The topological polar surface area (TPSA) is 132 Å². The number of sulfonamides is 1. The molecule has 0 aliphatic heterocycles. The summed E-state index contributed by atoms with van der Waals surface area (Å²) in [6.07, 6.45) is 0. The van der Waals surface area contributed by atoms with Crippen LogP contribution in [0.25, 0.3) is 11.0 Å². The molecule has 0 saturated heterocycles. The van der Waals surface area contributed by atoms with E-state index in [9.17, 15) is 21.4 Å². The van der Waals surface area contributed by atoms with Gasteiger partial charge in [-0.25, -0.2) is 21.8 Å². The molecule has 4 rings (SSSR count). The number of fused-ring (bicyclic) bond motifs is 1. The Kier molecular flexibility index (Phi) is 8.18. The fourth-order valence-electron chi connectivity index (χ4n) is 2.90. The minimum absolute atomic E-state index is 0. The molecule has 0 amide bonds. The maximum atomic E-state index is 12.7. The van der Waals surface area contributed by atoms with Gasteiger partial charge in [0.1, 0.15) is 10.1 Å². The average Bonchev–Trinajstić information content (AvgIpc) is 3.15. The van der Waals surface area contributed by atoms with Crippen LogP contribution in [0.15, 0.2) is 81.7 Å². The van der Waals surface area contributed by atoms with Crippen LogP contribution in [0.4, 0.5) is 5.69 Å². The summed E-state index contributed by atoms with van der Waals surface area (Å²) in [5, 5.41) is 0.933. The second-order valence-corrected chi connectivity index (χ2v) is 11.1. The molecule has 33 heavy (non-hydrogen) atoms. The Morgan fingerprint density at radius 2 is 1.64 bits per heavy atom. The van der Waals surface area contributed by atoms with Gasteiger partial charge in [0.25, 0.3) is 10.0 Å². The van der Waals surface area contributed by atoms with Crippen LogP contribution < -0.4 is 34.3 Å². The van der Waals surface area contributed by atoms with Crippen LogP contribution in [0.2, 0.25) is 5.02 Å². The molecule has 0 saturated carbocycles. The van der Waals surface area contributed by atoms with E-state index in [1.54, 1.807) is 24.3 Å². The number of hydrogen-bond donors (Lipinski definition) is 2. The SMILES string of the molecule is O=S(=O)([O-])c1ccc2nc(SCc3ccccc3NS(=O)(=O)c3ccc(Cl)cc3)[nH]c2c1.[Na+]. The van der Waals surface area contributed by atoms with Gasteiger partial charge in [0.05, 0.1) is 26.5 Å². The summed E-state index contributed by atoms with van der Waals surface area (Å²) in [7, 11) is -8.37. The van der Waals surface area contributed by atoms with Crippen molar-refractivity contribution in [2.24, 2.45) is 0 Å². The van der Waals surface area contributed by atoms with Crippen molar-refractivity contribution in [2.75, 3.05) is 4.72 Å². The third-order valence-electron chi connectivity index (χ3n) is 4.47. The number of anilines is 1. The van der Waals surface area contributed by atoms with Crippen LogP contribution in [0.1, 0.15) is 5.56 Å². The van der Waals surface area contributed by atoms with Gasteiger partial charge >= 0.3 is 29.6 Å². The predicted molar refractivity (Wildman–Crippen MR) is 122 cm³/mol. The molecule has 0 bridgehead atoms. The Balaban J connectivity index is 0.00000306. The van der Waals surface area contributed by atoms with Gasteiger partial charge in [-0.3, -0.25) is 4.72 Å². The number of aromatic amines is 1. The number of nitrogens with one attached hydrogen (secondary N) is 2. The number of nitrogens with zero attached hydrogens (tertiary/aromatic N) is 1. The van der Waals surface area contributed by atoms with E-state index in [1.165, 1.54) is 54.2 Å². The van der Waals surface area contributed by atoms with E-state index in [1.807, 2.05) is 0 Å². The minimum Gasteiger partial charge on any atom is -0.744 e. The second kappa shape index (κ2) is 10.4. The standard InChI is InChI=1S/C20H16ClN3O5S3.Na/c21-14-5-7-15(8-6-14)31(25,26)24-17-4-2-1-3-13(17)12-30-20-22-18-10-9-16(32(27,28)29)11-19(18)23-20;/h1-11,24H,12H2,(H,22,23)(H,27,28,29);/q;+1/p-1. The van der Waals surface area contributed by atoms with Gasteiger partial charge in [-0.2, -0.15) is 0 Å². The van der Waals surface area contributed by atoms with E-state index in [0.29, 0.717) is 32.7 Å². The number of para-hydroxylation sites is 1. The van der Waals surface area contributed by atoms with Crippen molar-refractivity contribution in [3.8, 4) is 0 Å². The first-order valence-corrected chi connectivity index (χ1v) is 13.3. The maximum Gasteiger partial charge on any atom is 1.00 e. The van der Waals surface area contributed by atoms with E-state index >= 15 is 0 Å². The molecule has 0 aliphatic carbocycles. The Labute approximate surface area is 222 Å². The van der Waals surface area contributed by atoms with Crippen molar-refractivity contribution in [1.29, 1.82) is 0 Å². The smallest absolute Gasteiger partial charge is 0.744 e. The number of thioether (sulfide) groups is 1. The number of H-pyrrole nitrogens is 1. The van der Waals surface area contributed by atoms with Crippen LogP contribution in [0, 0.1) is 0 Å². The monoisotopic (exact) mass is 531 g/mol. The minimum atomic E-state index is -4.57. The zero-order valence-corrected chi connectivity index (χ0v) is 22.4. The predicted octanol–water partition coefficient (Wildman–Crippen LogP) is 1.22.